The molecule has 0 spiro atoms. The molecule has 2 heterocycles. The summed E-state index contributed by atoms with van der Waals surface area (Å²) in [5, 5.41) is 7.27. The molecule has 0 amide bonds. The van der Waals surface area contributed by atoms with Gasteiger partial charge in [-0.05, 0) is 24.1 Å². The fourth-order valence-corrected chi connectivity index (χ4v) is 2.54. The number of fused-ring (bicyclic) bond motifs is 1. The number of aromatic nitrogens is 1. The molecule has 7 heteroatoms. The van der Waals surface area contributed by atoms with Gasteiger partial charge in [0.25, 0.3) is 0 Å². The van der Waals surface area contributed by atoms with Gasteiger partial charge >= 0.3 is 0 Å². The van der Waals surface area contributed by atoms with Gasteiger partial charge in [0.05, 0.1) is 12.2 Å². The highest BCUT2D eigenvalue weighted by molar-refractivity contribution is 5.79. The SMILES string of the molecule is CCc1cc(CNC(=NC)N(C)Cc2ccc3c(c2)OCO3)on1. The molecule has 128 valence electrons. The summed E-state index contributed by atoms with van der Waals surface area (Å²) in [5.74, 6) is 3.16. The van der Waals surface area contributed by atoms with Gasteiger partial charge in [-0.2, -0.15) is 0 Å². The van der Waals surface area contributed by atoms with E-state index < -0.39 is 0 Å². The van der Waals surface area contributed by atoms with Gasteiger partial charge in [-0.3, -0.25) is 4.99 Å². The summed E-state index contributed by atoms with van der Waals surface area (Å²) >= 11 is 0. The first kappa shape index (κ1) is 16.2. The molecule has 1 aromatic heterocycles. The number of benzene rings is 1. The standard InChI is InChI=1S/C17H22N4O3/c1-4-13-8-14(24-20-13)9-19-17(18-2)21(3)10-12-5-6-15-16(7-12)23-11-22-15/h5-8H,4,9-11H2,1-3H3,(H,18,19). The van der Waals surface area contributed by atoms with Gasteiger partial charge in [0.1, 0.15) is 0 Å². The van der Waals surface area contributed by atoms with Gasteiger partial charge < -0.3 is 24.2 Å². The molecule has 0 atom stereocenters. The van der Waals surface area contributed by atoms with Crippen molar-refractivity contribution in [2.24, 2.45) is 4.99 Å². The van der Waals surface area contributed by atoms with E-state index in [1.165, 1.54) is 0 Å². The van der Waals surface area contributed by atoms with Crippen molar-refractivity contribution >= 4 is 5.96 Å². The van der Waals surface area contributed by atoms with E-state index in [4.69, 9.17) is 14.0 Å². The lowest BCUT2D eigenvalue weighted by atomic mass is 10.2. The van der Waals surface area contributed by atoms with E-state index in [9.17, 15) is 0 Å². The monoisotopic (exact) mass is 330 g/mol. The maximum absolute atomic E-state index is 5.42. The number of nitrogens with one attached hydrogen (secondary N) is 1. The van der Waals surface area contributed by atoms with E-state index in [1.807, 2.05) is 43.1 Å². The summed E-state index contributed by atoms with van der Waals surface area (Å²) in [5.41, 5.74) is 2.08. The third-order valence-electron chi connectivity index (χ3n) is 3.82. The Bertz CT molecular complexity index is 726. The Morgan fingerprint density at radius 2 is 2.12 bits per heavy atom. The highest BCUT2D eigenvalue weighted by Gasteiger charge is 2.15. The van der Waals surface area contributed by atoms with Gasteiger partial charge in [0.15, 0.2) is 23.2 Å². The molecule has 7 nitrogen and oxygen atoms in total. The van der Waals surface area contributed by atoms with Crippen LogP contribution in [0.4, 0.5) is 0 Å². The molecule has 24 heavy (non-hydrogen) atoms. The molecule has 2 aromatic rings. The molecule has 0 aliphatic carbocycles. The molecule has 0 saturated carbocycles. The third kappa shape index (κ3) is 3.61. The maximum Gasteiger partial charge on any atom is 0.231 e. The number of nitrogens with zero attached hydrogens (tertiary/aromatic N) is 3. The molecule has 0 bridgehead atoms. The van der Waals surface area contributed by atoms with Crippen LogP contribution in [0.5, 0.6) is 11.5 Å². The molecule has 3 rings (SSSR count). The van der Waals surface area contributed by atoms with Gasteiger partial charge in [0, 0.05) is 26.7 Å². The molecular formula is C17H22N4O3. The van der Waals surface area contributed by atoms with Crippen molar-refractivity contribution in [2.45, 2.75) is 26.4 Å². The predicted octanol–water partition coefficient (Wildman–Crippen LogP) is 2.17. The quantitative estimate of drug-likeness (QED) is 0.669. The zero-order valence-corrected chi connectivity index (χ0v) is 14.2. The Balaban J connectivity index is 1.58. The van der Waals surface area contributed by atoms with Crippen LogP contribution in [-0.4, -0.2) is 36.9 Å². The van der Waals surface area contributed by atoms with Crippen LogP contribution < -0.4 is 14.8 Å². The molecule has 0 fully saturated rings. The number of aliphatic imine (C=N–C) groups is 1. The number of hydrogen-bond acceptors (Lipinski definition) is 5. The second-order valence-corrected chi connectivity index (χ2v) is 5.58. The maximum atomic E-state index is 5.42. The lowest BCUT2D eigenvalue weighted by Crippen LogP contribution is -2.37. The minimum atomic E-state index is 0.286. The van der Waals surface area contributed by atoms with Crippen LogP contribution in [-0.2, 0) is 19.5 Å². The van der Waals surface area contributed by atoms with Gasteiger partial charge in [-0.1, -0.05) is 18.1 Å². The second-order valence-electron chi connectivity index (χ2n) is 5.58. The highest BCUT2D eigenvalue weighted by atomic mass is 16.7. The highest BCUT2D eigenvalue weighted by Crippen LogP contribution is 2.32. The summed E-state index contributed by atoms with van der Waals surface area (Å²) < 4.78 is 16.0. The average molecular weight is 330 g/mol. The molecule has 0 radical (unpaired) electrons. The smallest absolute Gasteiger partial charge is 0.231 e. The van der Waals surface area contributed by atoms with E-state index >= 15 is 0 Å². The van der Waals surface area contributed by atoms with Crippen LogP contribution in [0.3, 0.4) is 0 Å². The van der Waals surface area contributed by atoms with E-state index in [0.29, 0.717) is 13.1 Å². The Hall–Kier alpha value is -2.70. The topological polar surface area (TPSA) is 72.1 Å². The summed E-state index contributed by atoms with van der Waals surface area (Å²) in [4.78, 5) is 6.35. The zero-order valence-electron chi connectivity index (χ0n) is 14.2. The lowest BCUT2D eigenvalue weighted by molar-refractivity contribution is 0.174. The van der Waals surface area contributed by atoms with Gasteiger partial charge in [0.2, 0.25) is 6.79 Å². The average Bonchev–Trinajstić information content (AvgIpc) is 3.23. The minimum Gasteiger partial charge on any atom is -0.454 e. The first-order valence-electron chi connectivity index (χ1n) is 7.94. The second kappa shape index (κ2) is 7.25. The van der Waals surface area contributed by atoms with Crippen molar-refractivity contribution in [1.82, 2.24) is 15.4 Å². The summed E-state index contributed by atoms with van der Waals surface area (Å²) in [6.07, 6.45) is 0.863. The molecule has 0 saturated heterocycles. The van der Waals surface area contributed by atoms with Crippen molar-refractivity contribution in [1.29, 1.82) is 0 Å². The Morgan fingerprint density at radius 3 is 2.88 bits per heavy atom. The van der Waals surface area contributed by atoms with Gasteiger partial charge in [-0.15, -0.1) is 0 Å². The summed E-state index contributed by atoms with van der Waals surface area (Å²) in [7, 11) is 3.74. The van der Waals surface area contributed by atoms with Crippen LogP contribution >= 0.6 is 0 Å². The summed E-state index contributed by atoms with van der Waals surface area (Å²) in [6, 6.07) is 7.91. The summed E-state index contributed by atoms with van der Waals surface area (Å²) in [6.45, 7) is 3.58. The Morgan fingerprint density at radius 1 is 1.29 bits per heavy atom. The Labute approximate surface area is 141 Å². The third-order valence-corrected chi connectivity index (χ3v) is 3.82. The van der Waals surface area contributed by atoms with Crippen molar-refractivity contribution in [3.63, 3.8) is 0 Å². The molecule has 1 N–H and O–H groups in total. The van der Waals surface area contributed by atoms with Crippen LogP contribution in [0.2, 0.25) is 0 Å². The van der Waals surface area contributed by atoms with E-state index in [1.54, 1.807) is 7.05 Å². The molecule has 0 unspecified atom stereocenters. The zero-order chi connectivity index (χ0) is 16.9. The van der Waals surface area contributed by atoms with Crippen LogP contribution in [0.25, 0.3) is 0 Å². The Kier molecular flexibility index (Phi) is 4.88. The molecule has 1 aliphatic rings. The number of hydrogen-bond donors (Lipinski definition) is 1. The number of aryl methyl sites for hydroxylation is 1. The fourth-order valence-electron chi connectivity index (χ4n) is 2.54. The largest absolute Gasteiger partial charge is 0.454 e. The first-order valence-corrected chi connectivity index (χ1v) is 7.94. The normalized spacial score (nSPS) is 13.2. The number of rotatable bonds is 5. The fraction of sp³-hybridized carbons (Fsp3) is 0.412. The van der Waals surface area contributed by atoms with Gasteiger partial charge in [-0.25, -0.2) is 0 Å². The predicted molar refractivity (Wildman–Crippen MR) is 90.1 cm³/mol. The van der Waals surface area contributed by atoms with Crippen molar-refractivity contribution in [3.8, 4) is 11.5 Å². The van der Waals surface area contributed by atoms with Crippen LogP contribution in [0, 0.1) is 0 Å². The van der Waals surface area contributed by atoms with Crippen LogP contribution in [0.1, 0.15) is 23.9 Å². The van der Waals surface area contributed by atoms with E-state index in [-0.39, 0.29) is 6.79 Å². The minimum absolute atomic E-state index is 0.286. The first-order chi connectivity index (χ1) is 11.7. The van der Waals surface area contributed by atoms with Crippen molar-refractivity contribution < 1.29 is 14.0 Å². The molecule has 1 aliphatic heterocycles. The number of guanidine groups is 1. The number of ether oxygens (including phenoxy) is 2. The lowest BCUT2D eigenvalue weighted by Gasteiger charge is -2.21. The molecular weight excluding hydrogens is 308 g/mol. The van der Waals surface area contributed by atoms with Crippen LogP contribution in [0.15, 0.2) is 33.8 Å². The molecule has 1 aromatic carbocycles. The van der Waals surface area contributed by atoms with Crippen molar-refractivity contribution in [3.05, 3.63) is 41.3 Å². The van der Waals surface area contributed by atoms with E-state index in [0.717, 1.165) is 40.9 Å². The van der Waals surface area contributed by atoms with Crippen molar-refractivity contribution in [2.75, 3.05) is 20.9 Å². The van der Waals surface area contributed by atoms with E-state index in [2.05, 4.69) is 15.5 Å².